The number of nitrogens with zero attached hydrogens (tertiary/aromatic N) is 2. The molecule has 2 heterocycles. The van der Waals surface area contributed by atoms with Crippen molar-refractivity contribution < 1.29 is 0 Å². The van der Waals surface area contributed by atoms with E-state index in [-0.39, 0.29) is 5.82 Å². The molecule has 0 spiro atoms. The SMILES string of the molecule is N/C=C(\N)Nc1nc(N)c2cc[nH]c2n1. The van der Waals surface area contributed by atoms with Crippen LogP contribution in [-0.2, 0) is 0 Å². The van der Waals surface area contributed by atoms with Crippen LogP contribution in [0, 0.1) is 0 Å². The standard InChI is InChI=1S/C8H11N7/c9-3-5(10)13-8-14-6(11)4-1-2-12-7(4)15-8/h1-3H,9-10H2,(H4,11,12,13,14,15)/b5-3+. The van der Waals surface area contributed by atoms with Gasteiger partial charge >= 0.3 is 0 Å². The van der Waals surface area contributed by atoms with Crippen LogP contribution in [-0.4, -0.2) is 15.0 Å². The second-order valence-corrected chi connectivity index (χ2v) is 2.92. The van der Waals surface area contributed by atoms with Crippen molar-refractivity contribution in [3.63, 3.8) is 0 Å². The first-order chi connectivity index (χ1) is 7.20. The summed E-state index contributed by atoms with van der Waals surface area (Å²) in [5, 5.41) is 3.48. The zero-order chi connectivity index (χ0) is 10.8. The molecule has 78 valence electrons. The van der Waals surface area contributed by atoms with Gasteiger partial charge in [-0.25, -0.2) is 0 Å². The topological polar surface area (TPSA) is 132 Å². The first-order valence-corrected chi connectivity index (χ1v) is 4.25. The molecular weight excluding hydrogens is 194 g/mol. The van der Waals surface area contributed by atoms with Crippen LogP contribution < -0.4 is 22.5 Å². The molecule has 0 unspecified atom stereocenters. The molecule has 2 aromatic heterocycles. The number of nitrogen functional groups attached to an aromatic ring is 1. The average Bonchev–Trinajstić information content (AvgIpc) is 2.66. The van der Waals surface area contributed by atoms with E-state index in [0.29, 0.717) is 17.4 Å². The minimum Gasteiger partial charge on any atom is -0.402 e. The van der Waals surface area contributed by atoms with E-state index in [4.69, 9.17) is 17.2 Å². The lowest BCUT2D eigenvalue weighted by atomic mass is 10.4. The van der Waals surface area contributed by atoms with Crippen molar-refractivity contribution in [3.05, 3.63) is 24.3 Å². The molecule has 0 amide bonds. The molecule has 7 heteroatoms. The van der Waals surface area contributed by atoms with Gasteiger partial charge in [-0.1, -0.05) is 0 Å². The Morgan fingerprint density at radius 2 is 2.27 bits per heavy atom. The summed E-state index contributed by atoms with van der Waals surface area (Å²) in [6, 6.07) is 1.80. The normalized spacial score (nSPS) is 11.9. The molecule has 0 aromatic carbocycles. The second-order valence-electron chi connectivity index (χ2n) is 2.92. The Morgan fingerprint density at radius 3 is 3.00 bits per heavy atom. The van der Waals surface area contributed by atoms with E-state index in [0.717, 1.165) is 5.39 Å². The maximum Gasteiger partial charge on any atom is 0.232 e. The highest BCUT2D eigenvalue weighted by Crippen LogP contribution is 2.17. The molecule has 0 aliphatic carbocycles. The highest BCUT2D eigenvalue weighted by Gasteiger charge is 2.05. The Bertz CT molecular complexity index is 513. The number of hydrogen-bond donors (Lipinski definition) is 5. The van der Waals surface area contributed by atoms with Crippen LogP contribution in [0.1, 0.15) is 0 Å². The summed E-state index contributed by atoms with van der Waals surface area (Å²) in [4.78, 5) is 11.1. The Labute approximate surface area is 85.4 Å². The van der Waals surface area contributed by atoms with Crippen molar-refractivity contribution in [3.8, 4) is 0 Å². The monoisotopic (exact) mass is 205 g/mol. The lowest BCUT2D eigenvalue weighted by Gasteiger charge is -2.04. The Kier molecular flexibility index (Phi) is 2.05. The van der Waals surface area contributed by atoms with Crippen molar-refractivity contribution in [1.82, 2.24) is 15.0 Å². The second kappa shape index (κ2) is 3.37. The number of aromatic nitrogens is 3. The van der Waals surface area contributed by atoms with E-state index in [2.05, 4.69) is 20.3 Å². The van der Waals surface area contributed by atoms with Crippen LogP contribution >= 0.6 is 0 Å². The molecule has 0 saturated heterocycles. The summed E-state index contributed by atoms with van der Waals surface area (Å²) in [6.07, 6.45) is 2.96. The van der Waals surface area contributed by atoms with E-state index < -0.39 is 0 Å². The van der Waals surface area contributed by atoms with Gasteiger partial charge in [0.05, 0.1) is 5.39 Å². The van der Waals surface area contributed by atoms with Crippen LogP contribution in [0.5, 0.6) is 0 Å². The fourth-order valence-corrected chi connectivity index (χ4v) is 1.19. The van der Waals surface area contributed by atoms with E-state index in [1.54, 1.807) is 12.3 Å². The molecular formula is C8H11N7. The largest absolute Gasteiger partial charge is 0.402 e. The summed E-state index contributed by atoms with van der Waals surface area (Å²) in [7, 11) is 0. The molecule has 15 heavy (non-hydrogen) atoms. The van der Waals surface area contributed by atoms with E-state index in [1.807, 2.05) is 0 Å². The van der Waals surface area contributed by atoms with E-state index in [9.17, 15) is 0 Å². The Balaban J connectivity index is 2.45. The summed E-state index contributed by atoms with van der Waals surface area (Å²) < 4.78 is 0. The van der Waals surface area contributed by atoms with Crippen molar-refractivity contribution in [2.24, 2.45) is 11.5 Å². The van der Waals surface area contributed by atoms with Crippen LogP contribution in [0.4, 0.5) is 11.8 Å². The third-order valence-corrected chi connectivity index (χ3v) is 1.88. The molecule has 8 N–H and O–H groups in total. The first-order valence-electron chi connectivity index (χ1n) is 4.25. The number of rotatable bonds is 2. The first kappa shape index (κ1) is 9.13. The molecule has 0 saturated carbocycles. The van der Waals surface area contributed by atoms with Crippen LogP contribution in [0.25, 0.3) is 11.0 Å². The maximum absolute atomic E-state index is 5.72. The molecule has 0 radical (unpaired) electrons. The molecule has 0 bridgehead atoms. The summed E-state index contributed by atoms with van der Waals surface area (Å²) in [6.45, 7) is 0. The Morgan fingerprint density at radius 1 is 1.47 bits per heavy atom. The predicted octanol–water partition coefficient (Wildman–Crippen LogP) is -0.332. The lowest BCUT2D eigenvalue weighted by Crippen LogP contribution is -2.13. The molecule has 0 aliphatic heterocycles. The lowest BCUT2D eigenvalue weighted by molar-refractivity contribution is 1.15. The zero-order valence-corrected chi connectivity index (χ0v) is 7.86. The average molecular weight is 205 g/mol. The molecule has 0 fully saturated rings. The summed E-state index contributed by atoms with van der Waals surface area (Å²) in [5.74, 6) is 0.954. The van der Waals surface area contributed by atoms with Crippen molar-refractivity contribution in [1.29, 1.82) is 0 Å². The van der Waals surface area contributed by atoms with E-state index >= 15 is 0 Å². The maximum atomic E-state index is 5.72. The number of nitrogens with one attached hydrogen (secondary N) is 2. The van der Waals surface area contributed by atoms with Crippen LogP contribution in [0.15, 0.2) is 24.3 Å². The van der Waals surface area contributed by atoms with Crippen LogP contribution in [0.3, 0.4) is 0 Å². The summed E-state index contributed by atoms with van der Waals surface area (Å²) in [5.41, 5.74) is 17.0. The minimum absolute atomic E-state index is 0.264. The highest BCUT2D eigenvalue weighted by molar-refractivity contribution is 5.86. The number of H-pyrrole nitrogens is 1. The number of fused-ring (bicyclic) bond motifs is 1. The molecule has 2 aromatic rings. The zero-order valence-electron chi connectivity index (χ0n) is 7.86. The van der Waals surface area contributed by atoms with Gasteiger partial charge in [0.2, 0.25) is 5.95 Å². The van der Waals surface area contributed by atoms with Gasteiger partial charge in [-0.05, 0) is 6.07 Å². The molecule has 0 aliphatic rings. The van der Waals surface area contributed by atoms with Crippen molar-refractivity contribution in [2.45, 2.75) is 0 Å². The van der Waals surface area contributed by atoms with Gasteiger partial charge in [-0.3, -0.25) is 0 Å². The molecule has 7 nitrogen and oxygen atoms in total. The third kappa shape index (κ3) is 1.62. The fourth-order valence-electron chi connectivity index (χ4n) is 1.19. The van der Waals surface area contributed by atoms with Gasteiger partial charge in [-0.2, -0.15) is 9.97 Å². The number of aromatic amines is 1. The predicted molar refractivity (Wildman–Crippen MR) is 58.4 cm³/mol. The van der Waals surface area contributed by atoms with Crippen molar-refractivity contribution >= 4 is 22.8 Å². The smallest absolute Gasteiger partial charge is 0.232 e. The van der Waals surface area contributed by atoms with Gasteiger partial charge in [0, 0.05) is 12.4 Å². The third-order valence-electron chi connectivity index (χ3n) is 1.88. The Hall–Kier alpha value is -2.44. The number of hydrogen-bond acceptors (Lipinski definition) is 6. The minimum atomic E-state index is 0.264. The molecule has 2 rings (SSSR count). The number of nitrogens with two attached hydrogens (primary N) is 3. The fraction of sp³-hybridized carbons (Fsp3) is 0. The highest BCUT2D eigenvalue weighted by atomic mass is 15.2. The van der Waals surface area contributed by atoms with Crippen LogP contribution in [0.2, 0.25) is 0 Å². The van der Waals surface area contributed by atoms with E-state index in [1.165, 1.54) is 6.20 Å². The number of anilines is 2. The van der Waals surface area contributed by atoms with Gasteiger partial charge in [-0.15, -0.1) is 0 Å². The summed E-state index contributed by atoms with van der Waals surface area (Å²) >= 11 is 0. The quantitative estimate of drug-likeness (QED) is 0.456. The van der Waals surface area contributed by atoms with Gasteiger partial charge < -0.3 is 27.5 Å². The van der Waals surface area contributed by atoms with Gasteiger partial charge in [0.15, 0.2) is 0 Å². The van der Waals surface area contributed by atoms with Gasteiger partial charge in [0.1, 0.15) is 17.3 Å². The molecule has 0 atom stereocenters. The van der Waals surface area contributed by atoms with Gasteiger partial charge in [0.25, 0.3) is 0 Å². The van der Waals surface area contributed by atoms with Crippen molar-refractivity contribution in [2.75, 3.05) is 11.1 Å².